The Labute approximate surface area is 158 Å². The van der Waals surface area contributed by atoms with Crippen LogP contribution in [0.15, 0.2) is 18.2 Å². The number of nitrogens with zero attached hydrogens (tertiary/aromatic N) is 1. The molecule has 3 rings (SSSR count). The first-order valence-electron chi connectivity index (χ1n) is 8.80. The van der Waals surface area contributed by atoms with Crippen LogP contribution < -0.4 is 5.32 Å². The van der Waals surface area contributed by atoms with E-state index in [0.29, 0.717) is 15.7 Å². The van der Waals surface area contributed by atoms with Crippen LogP contribution in [0, 0.1) is 0 Å². The summed E-state index contributed by atoms with van der Waals surface area (Å²) in [6.07, 6.45) is 4.66. The molecule has 2 saturated heterocycles. The maximum absolute atomic E-state index is 12.5. The summed E-state index contributed by atoms with van der Waals surface area (Å²) in [5.41, 5.74) is 0.536. The number of rotatable bonds is 7. The van der Waals surface area contributed by atoms with Gasteiger partial charge in [0.15, 0.2) is 0 Å². The van der Waals surface area contributed by atoms with Gasteiger partial charge < -0.3 is 14.8 Å². The van der Waals surface area contributed by atoms with E-state index in [1.807, 2.05) is 0 Å². The van der Waals surface area contributed by atoms with Gasteiger partial charge in [-0.05, 0) is 43.9 Å². The highest BCUT2D eigenvalue weighted by Gasteiger charge is 2.25. The molecular formula is C18H24Cl2N2O3. The summed E-state index contributed by atoms with van der Waals surface area (Å²) >= 11 is 12.1. The third kappa shape index (κ3) is 5.83. The van der Waals surface area contributed by atoms with Crippen molar-refractivity contribution in [2.75, 3.05) is 38.2 Å². The predicted octanol–water partition coefficient (Wildman–Crippen LogP) is 3.59. The molecule has 2 atom stereocenters. The summed E-state index contributed by atoms with van der Waals surface area (Å²) in [6.45, 7) is 3.39. The largest absolute Gasteiger partial charge is 0.377 e. The molecule has 1 aromatic carbocycles. The highest BCUT2D eigenvalue weighted by atomic mass is 35.5. The smallest absolute Gasteiger partial charge is 0.238 e. The summed E-state index contributed by atoms with van der Waals surface area (Å²) in [4.78, 5) is 14.6. The third-order valence-corrected chi connectivity index (χ3v) is 5.11. The highest BCUT2D eigenvalue weighted by Crippen LogP contribution is 2.25. The summed E-state index contributed by atoms with van der Waals surface area (Å²) in [6, 6.07) is 5.03. The SMILES string of the molecule is O=C(CN(C[C@H]1CCCO1)C[C@@H]1CCCO1)Nc1cc(Cl)ccc1Cl. The van der Waals surface area contributed by atoms with E-state index in [-0.39, 0.29) is 24.7 Å². The molecule has 0 saturated carbocycles. The van der Waals surface area contributed by atoms with E-state index in [2.05, 4.69) is 10.2 Å². The molecule has 0 radical (unpaired) electrons. The normalized spacial score (nSPS) is 23.3. The second-order valence-electron chi connectivity index (χ2n) is 6.64. The minimum Gasteiger partial charge on any atom is -0.377 e. The zero-order chi connectivity index (χ0) is 17.6. The zero-order valence-corrected chi connectivity index (χ0v) is 15.7. The average molecular weight is 387 g/mol. The van der Waals surface area contributed by atoms with Crippen LogP contribution in [0.5, 0.6) is 0 Å². The van der Waals surface area contributed by atoms with Crippen molar-refractivity contribution in [1.29, 1.82) is 0 Å². The number of amides is 1. The van der Waals surface area contributed by atoms with Crippen molar-refractivity contribution in [1.82, 2.24) is 4.90 Å². The topological polar surface area (TPSA) is 50.8 Å². The molecule has 0 spiro atoms. The van der Waals surface area contributed by atoms with Crippen LogP contribution >= 0.6 is 23.2 Å². The molecule has 0 aliphatic carbocycles. The van der Waals surface area contributed by atoms with E-state index >= 15 is 0 Å². The van der Waals surface area contributed by atoms with Gasteiger partial charge in [0.2, 0.25) is 5.91 Å². The minimum atomic E-state index is -0.111. The standard InChI is InChI=1S/C18H24Cl2N2O3/c19-13-5-6-16(20)17(9-13)21-18(23)12-22(10-14-3-1-7-24-14)11-15-4-2-8-25-15/h5-6,9,14-15H,1-4,7-8,10-12H2,(H,21,23)/t14-,15+. The van der Waals surface area contributed by atoms with Crippen molar-refractivity contribution in [3.63, 3.8) is 0 Å². The van der Waals surface area contributed by atoms with Crippen LogP contribution in [0.25, 0.3) is 0 Å². The van der Waals surface area contributed by atoms with Crippen LogP contribution in [0.2, 0.25) is 10.0 Å². The molecule has 1 aromatic rings. The fraction of sp³-hybridized carbons (Fsp3) is 0.611. The molecule has 0 bridgehead atoms. The van der Waals surface area contributed by atoms with Gasteiger partial charge in [-0.1, -0.05) is 23.2 Å². The lowest BCUT2D eigenvalue weighted by molar-refractivity contribution is -0.118. The Hall–Kier alpha value is -0.850. The molecule has 5 nitrogen and oxygen atoms in total. The third-order valence-electron chi connectivity index (χ3n) is 4.54. The van der Waals surface area contributed by atoms with Crippen LogP contribution in [-0.2, 0) is 14.3 Å². The molecule has 0 unspecified atom stereocenters. The molecule has 2 heterocycles. The number of benzene rings is 1. The Morgan fingerprint density at radius 3 is 2.32 bits per heavy atom. The molecule has 2 aliphatic rings. The lowest BCUT2D eigenvalue weighted by Gasteiger charge is -2.27. The molecule has 2 fully saturated rings. The van der Waals surface area contributed by atoms with Gasteiger partial charge in [0.25, 0.3) is 0 Å². The van der Waals surface area contributed by atoms with E-state index in [1.165, 1.54) is 0 Å². The van der Waals surface area contributed by atoms with Gasteiger partial charge in [-0.15, -0.1) is 0 Å². The van der Waals surface area contributed by atoms with Crippen molar-refractivity contribution in [2.45, 2.75) is 37.9 Å². The van der Waals surface area contributed by atoms with E-state index < -0.39 is 0 Å². The second-order valence-corrected chi connectivity index (χ2v) is 7.48. The van der Waals surface area contributed by atoms with Gasteiger partial charge >= 0.3 is 0 Å². The number of carbonyl (C=O) groups is 1. The highest BCUT2D eigenvalue weighted by molar-refractivity contribution is 6.35. The van der Waals surface area contributed by atoms with Gasteiger partial charge in [-0.2, -0.15) is 0 Å². The first-order chi connectivity index (χ1) is 12.1. The first-order valence-corrected chi connectivity index (χ1v) is 9.56. The lowest BCUT2D eigenvalue weighted by Crippen LogP contribution is -2.42. The van der Waals surface area contributed by atoms with Crippen molar-refractivity contribution in [3.8, 4) is 0 Å². The Balaban J connectivity index is 1.58. The summed E-state index contributed by atoms with van der Waals surface area (Å²) < 4.78 is 11.5. The number of carbonyl (C=O) groups excluding carboxylic acids is 1. The first kappa shape index (κ1) is 18.9. The number of anilines is 1. The van der Waals surface area contributed by atoms with E-state index in [4.69, 9.17) is 32.7 Å². The number of nitrogens with one attached hydrogen (secondary N) is 1. The molecule has 25 heavy (non-hydrogen) atoms. The molecule has 7 heteroatoms. The number of halogens is 2. The van der Waals surface area contributed by atoms with Gasteiger partial charge in [0, 0.05) is 31.3 Å². The fourth-order valence-electron chi connectivity index (χ4n) is 3.34. The van der Waals surface area contributed by atoms with Gasteiger partial charge in [0.05, 0.1) is 29.5 Å². The van der Waals surface area contributed by atoms with Crippen LogP contribution in [0.4, 0.5) is 5.69 Å². The Kier molecular flexibility index (Phi) is 6.96. The minimum absolute atomic E-state index is 0.111. The number of hydrogen-bond acceptors (Lipinski definition) is 4. The monoisotopic (exact) mass is 386 g/mol. The van der Waals surface area contributed by atoms with Gasteiger partial charge in [-0.25, -0.2) is 0 Å². The molecule has 1 amide bonds. The zero-order valence-electron chi connectivity index (χ0n) is 14.2. The fourth-order valence-corrected chi connectivity index (χ4v) is 3.68. The molecule has 2 aliphatic heterocycles. The quantitative estimate of drug-likeness (QED) is 0.777. The van der Waals surface area contributed by atoms with Gasteiger partial charge in [-0.3, -0.25) is 9.69 Å². The molecular weight excluding hydrogens is 363 g/mol. The van der Waals surface area contributed by atoms with Crippen molar-refractivity contribution in [2.24, 2.45) is 0 Å². The van der Waals surface area contributed by atoms with Crippen molar-refractivity contribution >= 4 is 34.8 Å². The van der Waals surface area contributed by atoms with Crippen LogP contribution in [-0.4, -0.2) is 55.9 Å². The Morgan fingerprint density at radius 2 is 1.76 bits per heavy atom. The van der Waals surface area contributed by atoms with Gasteiger partial charge in [0.1, 0.15) is 0 Å². The van der Waals surface area contributed by atoms with Crippen LogP contribution in [0.1, 0.15) is 25.7 Å². The molecule has 0 aromatic heterocycles. The Morgan fingerprint density at radius 1 is 1.12 bits per heavy atom. The predicted molar refractivity (Wildman–Crippen MR) is 99.5 cm³/mol. The number of hydrogen-bond donors (Lipinski definition) is 1. The van der Waals surface area contributed by atoms with Crippen molar-refractivity contribution in [3.05, 3.63) is 28.2 Å². The number of ether oxygens (including phenoxy) is 2. The summed E-state index contributed by atoms with van der Waals surface area (Å²) in [7, 11) is 0. The Bertz CT molecular complexity index is 570. The van der Waals surface area contributed by atoms with E-state index in [9.17, 15) is 4.79 Å². The average Bonchev–Trinajstić information content (AvgIpc) is 3.25. The second kappa shape index (κ2) is 9.19. The molecule has 138 valence electrons. The van der Waals surface area contributed by atoms with Crippen LogP contribution in [0.3, 0.4) is 0 Å². The van der Waals surface area contributed by atoms with E-state index in [1.54, 1.807) is 18.2 Å². The van der Waals surface area contributed by atoms with Crippen molar-refractivity contribution < 1.29 is 14.3 Å². The van der Waals surface area contributed by atoms with E-state index in [0.717, 1.165) is 52.0 Å². The lowest BCUT2D eigenvalue weighted by atomic mass is 10.2. The molecule has 1 N–H and O–H groups in total. The summed E-state index contributed by atoms with van der Waals surface area (Å²) in [5.74, 6) is -0.111. The maximum atomic E-state index is 12.5. The summed E-state index contributed by atoms with van der Waals surface area (Å²) in [5, 5.41) is 3.86. The maximum Gasteiger partial charge on any atom is 0.238 e.